The molecule has 1 heterocycles. The van der Waals surface area contributed by atoms with Crippen molar-refractivity contribution < 1.29 is 23.4 Å². The minimum atomic E-state index is -2.82. The topological polar surface area (TPSA) is 59.4 Å². The highest BCUT2D eigenvalue weighted by Crippen LogP contribution is 2.26. The predicted octanol–water partition coefficient (Wildman–Crippen LogP) is 1.96. The van der Waals surface area contributed by atoms with Crippen LogP contribution in [-0.4, -0.2) is 23.2 Å². The lowest BCUT2D eigenvalue weighted by Gasteiger charge is -2.10. The molecule has 0 atom stereocenters. The zero-order valence-corrected chi connectivity index (χ0v) is 8.83. The number of aromatic nitrogens is 1. The number of halogens is 2. The first-order valence-electron chi connectivity index (χ1n) is 4.50. The van der Waals surface area contributed by atoms with Gasteiger partial charge in [0.2, 0.25) is 5.88 Å². The molecule has 0 aliphatic carbocycles. The van der Waals surface area contributed by atoms with Crippen LogP contribution < -0.4 is 4.74 Å². The minimum Gasteiger partial charge on any atom is -0.481 e. The van der Waals surface area contributed by atoms with Gasteiger partial charge in [-0.15, -0.1) is 0 Å². The maximum atomic E-state index is 12.6. The Morgan fingerprint density at radius 2 is 2.25 bits per heavy atom. The smallest absolute Gasteiger partial charge is 0.307 e. The van der Waals surface area contributed by atoms with Crippen molar-refractivity contribution in [2.75, 3.05) is 7.11 Å². The van der Waals surface area contributed by atoms with Crippen LogP contribution in [0.5, 0.6) is 5.88 Å². The van der Waals surface area contributed by atoms with E-state index in [0.29, 0.717) is 5.56 Å². The number of hydrogen-bond acceptors (Lipinski definition) is 3. The van der Waals surface area contributed by atoms with Crippen molar-refractivity contribution in [3.05, 3.63) is 22.9 Å². The summed E-state index contributed by atoms with van der Waals surface area (Å²) in [4.78, 5) is 14.1. The fraction of sp³-hybridized carbons (Fsp3) is 0.400. The van der Waals surface area contributed by atoms with Crippen LogP contribution in [0.4, 0.5) is 8.78 Å². The van der Waals surface area contributed by atoms with Gasteiger partial charge in [-0.1, -0.05) is 0 Å². The Morgan fingerprint density at radius 3 is 2.69 bits per heavy atom. The van der Waals surface area contributed by atoms with Gasteiger partial charge in [0, 0.05) is 5.56 Å². The molecule has 0 fully saturated rings. The summed E-state index contributed by atoms with van der Waals surface area (Å²) in [6.45, 7) is 1.62. The average Bonchev–Trinajstić information content (AvgIpc) is 2.16. The summed E-state index contributed by atoms with van der Waals surface area (Å²) < 4.78 is 30.0. The van der Waals surface area contributed by atoms with Gasteiger partial charge < -0.3 is 9.84 Å². The number of carboxylic acids is 1. The average molecular weight is 231 g/mol. The zero-order chi connectivity index (χ0) is 12.3. The van der Waals surface area contributed by atoms with Crippen LogP contribution in [0.3, 0.4) is 0 Å². The highest BCUT2D eigenvalue weighted by molar-refractivity contribution is 5.70. The van der Waals surface area contributed by atoms with Crippen molar-refractivity contribution in [2.24, 2.45) is 0 Å². The van der Waals surface area contributed by atoms with Crippen molar-refractivity contribution in [1.29, 1.82) is 0 Å². The summed E-state index contributed by atoms with van der Waals surface area (Å²) in [6.07, 6.45) is -3.29. The molecule has 0 saturated carbocycles. The van der Waals surface area contributed by atoms with Gasteiger partial charge in [0.25, 0.3) is 6.43 Å². The number of carboxylic acid groups (broad SMARTS) is 1. The Kier molecular flexibility index (Phi) is 3.76. The Bertz CT molecular complexity index is 407. The van der Waals surface area contributed by atoms with Crippen molar-refractivity contribution in [1.82, 2.24) is 4.98 Å². The van der Waals surface area contributed by atoms with Gasteiger partial charge in [-0.3, -0.25) is 4.79 Å². The number of aryl methyl sites for hydroxylation is 1. The number of ether oxygens (including phenoxy) is 1. The molecular formula is C10H11F2NO3. The molecule has 0 radical (unpaired) electrons. The van der Waals surface area contributed by atoms with E-state index in [9.17, 15) is 13.6 Å². The van der Waals surface area contributed by atoms with Crippen molar-refractivity contribution in [3.8, 4) is 5.88 Å². The van der Waals surface area contributed by atoms with Crippen LogP contribution in [0.25, 0.3) is 0 Å². The van der Waals surface area contributed by atoms with Gasteiger partial charge in [-0.05, 0) is 18.6 Å². The molecule has 1 N–H and O–H groups in total. The second kappa shape index (κ2) is 4.87. The third kappa shape index (κ3) is 2.65. The van der Waals surface area contributed by atoms with E-state index >= 15 is 0 Å². The second-order valence-electron chi connectivity index (χ2n) is 3.23. The predicted molar refractivity (Wildman–Crippen MR) is 51.8 cm³/mol. The van der Waals surface area contributed by atoms with E-state index in [0.717, 1.165) is 0 Å². The third-order valence-electron chi connectivity index (χ3n) is 2.02. The molecule has 1 aromatic rings. The Balaban J connectivity index is 3.24. The first-order chi connectivity index (χ1) is 7.45. The van der Waals surface area contributed by atoms with Crippen molar-refractivity contribution in [3.63, 3.8) is 0 Å². The number of aliphatic carboxylic acids is 1. The lowest BCUT2D eigenvalue weighted by Crippen LogP contribution is -2.08. The largest absolute Gasteiger partial charge is 0.481 e. The highest BCUT2D eigenvalue weighted by Gasteiger charge is 2.19. The number of rotatable bonds is 4. The van der Waals surface area contributed by atoms with Crippen LogP contribution in [0.2, 0.25) is 0 Å². The Labute approximate surface area is 90.9 Å². The van der Waals surface area contributed by atoms with E-state index in [2.05, 4.69) is 4.98 Å². The van der Waals surface area contributed by atoms with E-state index in [1.807, 2.05) is 0 Å². The summed E-state index contributed by atoms with van der Waals surface area (Å²) >= 11 is 0. The van der Waals surface area contributed by atoms with E-state index in [1.54, 1.807) is 6.92 Å². The van der Waals surface area contributed by atoms with E-state index in [1.165, 1.54) is 13.2 Å². The molecule has 88 valence electrons. The molecule has 0 aliphatic rings. The van der Waals surface area contributed by atoms with Gasteiger partial charge in [-0.2, -0.15) is 0 Å². The fourth-order valence-electron chi connectivity index (χ4n) is 1.37. The molecule has 0 spiro atoms. The molecule has 0 bridgehead atoms. The summed E-state index contributed by atoms with van der Waals surface area (Å²) in [7, 11) is 1.32. The highest BCUT2D eigenvalue weighted by atomic mass is 19.3. The molecule has 0 amide bonds. The Hall–Kier alpha value is -1.72. The number of pyridine rings is 1. The lowest BCUT2D eigenvalue weighted by molar-refractivity contribution is -0.136. The summed E-state index contributed by atoms with van der Waals surface area (Å²) in [5.41, 5.74) is 0.00815. The molecule has 0 saturated heterocycles. The third-order valence-corrected chi connectivity index (χ3v) is 2.02. The maximum absolute atomic E-state index is 12.6. The van der Waals surface area contributed by atoms with Crippen molar-refractivity contribution in [2.45, 2.75) is 19.8 Å². The Morgan fingerprint density at radius 1 is 1.62 bits per heavy atom. The summed E-state index contributed by atoms with van der Waals surface area (Å²) in [5.74, 6) is -1.09. The molecule has 0 aliphatic heterocycles. The van der Waals surface area contributed by atoms with Gasteiger partial charge in [-0.25, -0.2) is 13.8 Å². The minimum absolute atomic E-state index is 0.0146. The van der Waals surface area contributed by atoms with Crippen LogP contribution in [-0.2, 0) is 11.2 Å². The number of alkyl halides is 2. The monoisotopic (exact) mass is 231 g/mol. The van der Waals surface area contributed by atoms with Gasteiger partial charge in [0.05, 0.1) is 13.5 Å². The standard InChI is InChI=1S/C10H11F2NO3/c1-5-3-6(4-7(14)15)8(9(11)12)13-10(5)16-2/h3,9H,4H2,1-2H3,(H,14,15). The quantitative estimate of drug-likeness (QED) is 0.860. The molecule has 6 heteroatoms. The summed E-state index contributed by atoms with van der Waals surface area (Å²) in [6, 6.07) is 1.36. The van der Waals surface area contributed by atoms with Crippen LogP contribution in [0.1, 0.15) is 23.2 Å². The SMILES string of the molecule is COc1nc(C(F)F)c(CC(=O)O)cc1C. The molecular weight excluding hydrogens is 220 g/mol. The van der Waals surface area contributed by atoms with E-state index < -0.39 is 24.5 Å². The maximum Gasteiger partial charge on any atom is 0.307 e. The first kappa shape index (κ1) is 12.4. The molecule has 0 unspecified atom stereocenters. The normalized spacial score (nSPS) is 10.6. The van der Waals surface area contributed by atoms with Gasteiger partial charge >= 0.3 is 5.97 Å². The van der Waals surface area contributed by atoms with E-state index in [-0.39, 0.29) is 11.4 Å². The number of nitrogens with zero attached hydrogens (tertiary/aromatic N) is 1. The molecule has 0 aromatic carbocycles. The van der Waals surface area contributed by atoms with Crippen LogP contribution in [0, 0.1) is 6.92 Å². The molecule has 4 nitrogen and oxygen atoms in total. The lowest BCUT2D eigenvalue weighted by atomic mass is 10.1. The van der Waals surface area contributed by atoms with Gasteiger partial charge in [0.1, 0.15) is 5.69 Å². The molecule has 16 heavy (non-hydrogen) atoms. The molecule has 1 aromatic heterocycles. The first-order valence-corrected chi connectivity index (χ1v) is 4.50. The summed E-state index contributed by atoms with van der Waals surface area (Å²) in [5, 5.41) is 8.59. The van der Waals surface area contributed by atoms with E-state index in [4.69, 9.17) is 9.84 Å². The van der Waals surface area contributed by atoms with Crippen LogP contribution >= 0.6 is 0 Å². The van der Waals surface area contributed by atoms with Crippen molar-refractivity contribution >= 4 is 5.97 Å². The second-order valence-corrected chi connectivity index (χ2v) is 3.23. The number of carbonyl (C=O) groups is 1. The molecule has 1 rings (SSSR count). The van der Waals surface area contributed by atoms with Gasteiger partial charge in [0.15, 0.2) is 0 Å². The van der Waals surface area contributed by atoms with Crippen LogP contribution in [0.15, 0.2) is 6.07 Å². The zero-order valence-electron chi connectivity index (χ0n) is 8.83. The fourth-order valence-corrected chi connectivity index (χ4v) is 1.37. The number of hydrogen-bond donors (Lipinski definition) is 1. The number of methoxy groups -OCH3 is 1.